The molecule has 0 atom stereocenters. The lowest BCUT2D eigenvalue weighted by atomic mass is 10.1. The van der Waals surface area contributed by atoms with Crippen LogP contribution in [0.25, 0.3) is 0 Å². The van der Waals surface area contributed by atoms with Gasteiger partial charge in [0.05, 0.1) is 5.56 Å². The van der Waals surface area contributed by atoms with Crippen molar-refractivity contribution in [1.82, 2.24) is 0 Å². The zero-order valence-corrected chi connectivity index (χ0v) is 14.3. The van der Waals surface area contributed by atoms with Crippen LogP contribution < -0.4 is 4.74 Å². The predicted octanol–water partition coefficient (Wildman–Crippen LogP) is 5.78. The highest BCUT2D eigenvalue weighted by Crippen LogP contribution is 2.51. The van der Waals surface area contributed by atoms with Crippen molar-refractivity contribution in [2.75, 3.05) is 0 Å². The van der Waals surface area contributed by atoms with Crippen LogP contribution in [0.5, 0.6) is 5.75 Å². The Bertz CT molecular complexity index is 909. The molecule has 0 aliphatic carbocycles. The zero-order chi connectivity index (χ0) is 25.0. The van der Waals surface area contributed by atoms with Gasteiger partial charge in [0.15, 0.2) is 0 Å². The van der Waals surface area contributed by atoms with E-state index in [4.69, 9.17) is 0 Å². The van der Waals surface area contributed by atoms with Gasteiger partial charge in [-0.3, -0.25) is 0 Å². The largest absolute Gasteiger partial charge is 0.573 e. The number of alkyl halides is 14. The number of hydrogen-bond acceptors (Lipinski definition) is 4. The molecule has 1 aliphatic heterocycles. The summed E-state index contributed by atoms with van der Waals surface area (Å²) in [4.78, 5) is 3.37. The van der Waals surface area contributed by atoms with E-state index in [0.717, 1.165) is 0 Å². The highest BCUT2D eigenvalue weighted by molar-refractivity contribution is 6.06. The van der Waals surface area contributed by atoms with E-state index in [9.17, 15) is 61.5 Å². The number of nitrogens with zero attached hydrogens (tertiary/aromatic N) is 2. The van der Waals surface area contributed by atoms with E-state index in [0.29, 0.717) is 18.2 Å². The molecule has 1 heterocycles. The van der Waals surface area contributed by atoms with Gasteiger partial charge in [0.25, 0.3) is 5.90 Å². The van der Waals surface area contributed by atoms with E-state index in [1.807, 2.05) is 4.99 Å². The fourth-order valence-corrected chi connectivity index (χ4v) is 2.10. The Morgan fingerprint density at radius 3 is 1.66 bits per heavy atom. The van der Waals surface area contributed by atoms with E-state index in [1.54, 1.807) is 0 Å². The first-order valence-electron chi connectivity index (χ1n) is 7.43. The summed E-state index contributed by atoms with van der Waals surface area (Å²) < 4.78 is 189. The summed E-state index contributed by atoms with van der Waals surface area (Å²) in [6, 6.07) is 1.95. The zero-order valence-electron chi connectivity index (χ0n) is 14.3. The second-order valence-corrected chi connectivity index (χ2v) is 5.72. The fraction of sp³-hybridized carbons (Fsp3) is 0.429. The van der Waals surface area contributed by atoms with Crippen molar-refractivity contribution in [2.24, 2.45) is 9.98 Å². The Morgan fingerprint density at radius 1 is 0.719 bits per heavy atom. The van der Waals surface area contributed by atoms with E-state index >= 15 is 0 Å². The van der Waals surface area contributed by atoms with Gasteiger partial charge in [0.2, 0.25) is 5.90 Å². The lowest BCUT2D eigenvalue weighted by Crippen LogP contribution is -2.59. The molecule has 180 valence electrons. The summed E-state index contributed by atoms with van der Waals surface area (Å²) >= 11 is 0. The van der Waals surface area contributed by atoms with Crippen LogP contribution in [0.2, 0.25) is 0 Å². The quantitative estimate of drug-likeness (QED) is 0.497. The van der Waals surface area contributed by atoms with E-state index in [1.165, 1.54) is 4.99 Å². The summed E-state index contributed by atoms with van der Waals surface area (Å²) in [5.74, 6) is -13.9. The van der Waals surface area contributed by atoms with Gasteiger partial charge in [0.1, 0.15) is 5.75 Å². The number of hydrogen-bond donors (Lipinski definition) is 0. The van der Waals surface area contributed by atoms with Gasteiger partial charge in [-0.05, 0) is 12.1 Å². The van der Waals surface area contributed by atoms with Crippen LogP contribution in [0.1, 0.15) is 5.56 Å². The van der Waals surface area contributed by atoms with E-state index < -0.39 is 59.6 Å². The number of halogens is 14. The standard InChI is InChI=1S/C14H4F14N2O2/c15-9(16,11(17,18)19)8-30-10(12(20,21)22,13(23,24)25)29-7(31-8)5-3-1-2-4-6(5)32-14(26,27)28/h1-4H. The van der Waals surface area contributed by atoms with E-state index in [2.05, 4.69) is 9.47 Å². The Labute approximate surface area is 166 Å². The monoisotopic (exact) mass is 498 g/mol. The molecule has 0 radical (unpaired) electrons. The van der Waals surface area contributed by atoms with Gasteiger partial charge in [-0.1, -0.05) is 12.1 Å². The lowest BCUT2D eigenvalue weighted by molar-refractivity contribution is -0.296. The van der Waals surface area contributed by atoms with Crippen molar-refractivity contribution < 1.29 is 70.9 Å². The first kappa shape index (κ1) is 25.4. The summed E-state index contributed by atoms with van der Waals surface area (Å²) in [5, 5.41) is 0. The van der Waals surface area contributed by atoms with Gasteiger partial charge in [-0.25, -0.2) is 9.98 Å². The third-order valence-electron chi connectivity index (χ3n) is 3.48. The Balaban J connectivity index is 2.86. The number of benzene rings is 1. The van der Waals surface area contributed by atoms with Crippen LogP contribution in [0, 0.1) is 0 Å². The number of ether oxygens (including phenoxy) is 2. The molecule has 32 heavy (non-hydrogen) atoms. The number of rotatable bonds is 3. The molecule has 2 rings (SSSR count). The molecular formula is C14H4F14N2O2. The first-order valence-corrected chi connectivity index (χ1v) is 7.43. The number of para-hydroxylation sites is 1. The SMILES string of the molecule is FC(F)(F)Oc1ccccc1C1=NC(C(F)(F)F)(C(F)(F)F)N=C(C(F)(F)C(F)(F)F)O1. The van der Waals surface area contributed by atoms with Crippen molar-refractivity contribution in [3.8, 4) is 5.75 Å². The molecule has 0 spiro atoms. The molecule has 1 aromatic carbocycles. The molecule has 0 aromatic heterocycles. The predicted molar refractivity (Wildman–Crippen MR) is 74.0 cm³/mol. The van der Waals surface area contributed by atoms with Gasteiger partial charge < -0.3 is 9.47 Å². The van der Waals surface area contributed by atoms with Crippen LogP contribution in [0.4, 0.5) is 61.5 Å². The maximum absolute atomic E-state index is 13.6. The minimum atomic E-state index is -6.81. The van der Waals surface area contributed by atoms with Crippen LogP contribution in [0.3, 0.4) is 0 Å². The highest BCUT2D eigenvalue weighted by Gasteiger charge is 2.76. The maximum atomic E-state index is 13.6. The van der Waals surface area contributed by atoms with Crippen molar-refractivity contribution in [2.45, 2.75) is 36.5 Å². The van der Waals surface area contributed by atoms with Crippen LogP contribution in [-0.4, -0.2) is 48.3 Å². The molecule has 0 bridgehead atoms. The molecule has 4 nitrogen and oxygen atoms in total. The van der Waals surface area contributed by atoms with Crippen LogP contribution in [0.15, 0.2) is 34.3 Å². The second-order valence-electron chi connectivity index (χ2n) is 5.72. The average Bonchev–Trinajstić information content (AvgIpc) is 2.57. The maximum Gasteiger partial charge on any atom is 0.573 e. The normalized spacial score (nSPS) is 17.9. The Morgan fingerprint density at radius 2 is 1.22 bits per heavy atom. The molecule has 1 aliphatic rings. The lowest BCUT2D eigenvalue weighted by Gasteiger charge is -2.35. The Kier molecular flexibility index (Phi) is 5.85. The first-order chi connectivity index (χ1) is 14.1. The average molecular weight is 498 g/mol. The third-order valence-corrected chi connectivity index (χ3v) is 3.48. The van der Waals surface area contributed by atoms with Gasteiger partial charge in [-0.15, -0.1) is 13.2 Å². The summed E-state index contributed by atoms with van der Waals surface area (Å²) in [7, 11) is 0. The molecule has 0 unspecified atom stereocenters. The van der Waals surface area contributed by atoms with Gasteiger partial charge in [0, 0.05) is 0 Å². The molecule has 1 aromatic rings. The molecular weight excluding hydrogens is 494 g/mol. The van der Waals surface area contributed by atoms with Crippen molar-refractivity contribution in [3.05, 3.63) is 29.8 Å². The molecule has 0 N–H and O–H groups in total. The molecule has 0 amide bonds. The van der Waals surface area contributed by atoms with Gasteiger partial charge >= 0.3 is 36.5 Å². The van der Waals surface area contributed by atoms with Crippen molar-refractivity contribution in [3.63, 3.8) is 0 Å². The molecule has 18 heteroatoms. The molecule has 0 fully saturated rings. The topological polar surface area (TPSA) is 43.2 Å². The second kappa shape index (κ2) is 7.36. The van der Waals surface area contributed by atoms with Crippen molar-refractivity contribution in [1.29, 1.82) is 0 Å². The molecule has 0 saturated heterocycles. The third kappa shape index (κ3) is 4.52. The summed E-state index contributed by atoms with van der Waals surface area (Å²) in [5.41, 5.74) is -7.53. The fourth-order valence-electron chi connectivity index (χ4n) is 2.10. The van der Waals surface area contributed by atoms with Crippen LogP contribution >= 0.6 is 0 Å². The van der Waals surface area contributed by atoms with Crippen molar-refractivity contribution >= 4 is 11.8 Å². The smallest absolute Gasteiger partial charge is 0.418 e. The van der Waals surface area contributed by atoms with Gasteiger partial charge in [-0.2, -0.15) is 48.3 Å². The van der Waals surface area contributed by atoms with Crippen LogP contribution in [-0.2, 0) is 4.74 Å². The highest BCUT2D eigenvalue weighted by atomic mass is 19.4. The van der Waals surface area contributed by atoms with E-state index in [-0.39, 0.29) is 6.07 Å². The summed E-state index contributed by atoms with van der Waals surface area (Å²) in [6.45, 7) is 0. The Hall–Kier alpha value is -2.82. The summed E-state index contributed by atoms with van der Waals surface area (Å²) in [6.07, 6.45) is -26.0. The molecule has 0 saturated carbocycles. The number of aliphatic imine (C=N–C) groups is 2. The minimum Gasteiger partial charge on any atom is -0.418 e. The minimum absolute atomic E-state index is 0.270.